The van der Waals surface area contributed by atoms with Crippen molar-refractivity contribution in [2.75, 3.05) is 0 Å². The van der Waals surface area contributed by atoms with Crippen molar-refractivity contribution in [1.82, 2.24) is 15.0 Å². The summed E-state index contributed by atoms with van der Waals surface area (Å²) in [6.45, 7) is 2.11. The van der Waals surface area contributed by atoms with E-state index in [1.165, 1.54) is 16.7 Å². The minimum absolute atomic E-state index is 0.578. The fourth-order valence-electron chi connectivity index (χ4n) is 7.64. The van der Waals surface area contributed by atoms with Crippen molar-refractivity contribution < 1.29 is 4.42 Å². The number of fused-ring (bicyclic) bond motifs is 3. The molecule has 2 aromatic heterocycles. The monoisotopic (exact) mass is 717 g/mol. The van der Waals surface area contributed by atoms with Crippen molar-refractivity contribution in [3.05, 3.63) is 200 Å². The summed E-state index contributed by atoms with van der Waals surface area (Å²) in [6, 6.07) is 67.5. The zero-order valence-corrected chi connectivity index (χ0v) is 30.7. The molecule has 0 fully saturated rings. The lowest BCUT2D eigenvalue weighted by Gasteiger charge is -2.12. The maximum absolute atomic E-state index is 6.59. The van der Waals surface area contributed by atoms with Gasteiger partial charge in [0.25, 0.3) is 0 Å². The summed E-state index contributed by atoms with van der Waals surface area (Å²) in [5, 5.41) is 2.13. The minimum Gasteiger partial charge on any atom is -0.456 e. The predicted octanol–water partition coefficient (Wildman–Crippen LogP) is 13.7. The van der Waals surface area contributed by atoms with Gasteiger partial charge in [-0.25, -0.2) is 15.0 Å². The largest absolute Gasteiger partial charge is 0.456 e. The first-order chi connectivity index (χ1) is 27.6. The highest BCUT2D eigenvalue weighted by Gasteiger charge is 2.18. The van der Waals surface area contributed by atoms with E-state index in [1.807, 2.05) is 24.3 Å². The third-order valence-electron chi connectivity index (χ3n) is 10.4. The number of aromatic nitrogens is 3. The van der Waals surface area contributed by atoms with Crippen molar-refractivity contribution in [3.63, 3.8) is 0 Å². The van der Waals surface area contributed by atoms with Gasteiger partial charge in [0.1, 0.15) is 11.2 Å². The second kappa shape index (κ2) is 14.1. The Kier molecular flexibility index (Phi) is 8.34. The highest BCUT2D eigenvalue weighted by Crippen LogP contribution is 2.40. The summed E-state index contributed by atoms with van der Waals surface area (Å²) < 4.78 is 6.59. The summed E-state index contributed by atoms with van der Waals surface area (Å²) in [7, 11) is 0. The summed E-state index contributed by atoms with van der Waals surface area (Å²) in [5.74, 6) is 1.79. The maximum Gasteiger partial charge on any atom is 0.164 e. The predicted molar refractivity (Wildman–Crippen MR) is 230 cm³/mol. The topological polar surface area (TPSA) is 51.8 Å². The Morgan fingerprint density at radius 2 is 0.839 bits per heavy atom. The lowest BCUT2D eigenvalue weighted by molar-refractivity contribution is 0.669. The van der Waals surface area contributed by atoms with Crippen LogP contribution in [0.4, 0.5) is 0 Å². The first-order valence-corrected chi connectivity index (χ1v) is 18.8. The van der Waals surface area contributed by atoms with E-state index in [2.05, 4.69) is 177 Å². The zero-order chi connectivity index (χ0) is 37.4. The van der Waals surface area contributed by atoms with Crippen LogP contribution in [-0.2, 0) is 0 Å². The molecule has 0 amide bonds. The molecule has 0 saturated heterocycles. The number of aryl methyl sites for hydroxylation is 1. The van der Waals surface area contributed by atoms with Crippen LogP contribution in [0.5, 0.6) is 0 Å². The molecule has 0 atom stereocenters. The van der Waals surface area contributed by atoms with Crippen molar-refractivity contribution in [3.8, 4) is 78.7 Å². The van der Waals surface area contributed by atoms with E-state index in [9.17, 15) is 0 Å². The normalized spacial score (nSPS) is 11.3. The molecule has 0 saturated carbocycles. The third kappa shape index (κ3) is 6.23. The quantitative estimate of drug-likeness (QED) is 0.165. The number of hydrogen-bond acceptors (Lipinski definition) is 4. The Balaban J connectivity index is 1.11. The first-order valence-electron chi connectivity index (χ1n) is 18.8. The lowest BCUT2D eigenvalue weighted by Crippen LogP contribution is -2.01. The van der Waals surface area contributed by atoms with Crippen LogP contribution in [0.2, 0.25) is 0 Å². The molecule has 0 bridgehead atoms. The first kappa shape index (κ1) is 33.2. The van der Waals surface area contributed by atoms with Crippen molar-refractivity contribution in [1.29, 1.82) is 0 Å². The molecule has 56 heavy (non-hydrogen) atoms. The molecular formula is C52H35N3O. The van der Waals surface area contributed by atoms with Gasteiger partial charge in [-0.1, -0.05) is 175 Å². The van der Waals surface area contributed by atoms with Crippen LogP contribution in [0.3, 0.4) is 0 Å². The Hall–Kier alpha value is -7.43. The Labute approximate surface area is 325 Å². The van der Waals surface area contributed by atoms with Gasteiger partial charge in [0.2, 0.25) is 0 Å². The fraction of sp³-hybridized carbons (Fsp3) is 0.0192. The minimum atomic E-state index is 0.578. The van der Waals surface area contributed by atoms with Crippen molar-refractivity contribution >= 4 is 21.9 Å². The SMILES string of the molecule is Cc1cccc(-c2ccccc2-c2nc(-c3ccc(-c4ccccc4)cc3)nc(-c3ccc4c(c3)oc3cccc(-c5cccc(-c6ccccc6)c5)c34)n2)c1. The van der Waals surface area contributed by atoms with Gasteiger partial charge in [-0.3, -0.25) is 0 Å². The summed E-state index contributed by atoms with van der Waals surface area (Å²) in [6.07, 6.45) is 0. The molecule has 8 aromatic carbocycles. The van der Waals surface area contributed by atoms with Gasteiger partial charge in [0.05, 0.1) is 0 Å². The summed E-state index contributed by atoms with van der Waals surface area (Å²) in [4.78, 5) is 15.4. The molecule has 0 spiro atoms. The Morgan fingerprint density at radius 1 is 0.321 bits per heavy atom. The number of furan rings is 1. The number of hydrogen-bond donors (Lipinski definition) is 0. The van der Waals surface area contributed by atoms with Crippen LogP contribution in [0.1, 0.15) is 5.56 Å². The van der Waals surface area contributed by atoms with E-state index in [0.717, 1.165) is 72.0 Å². The van der Waals surface area contributed by atoms with E-state index >= 15 is 0 Å². The molecule has 0 aliphatic rings. The van der Waals surface area contributed by atoms with Crippen molar-refractivity contribution in [2.24, 2.45) is 0 Å². The second-order valence-electron chi connectivity index (χ2n) is 14.1. The van der Waals surface area contributed by atoms with Crippen LogP contribution >= 0.6 is 0 Å². The summed E-state index contributed by atoms with van der Waals surface area (Å²) >= 11 is 0. The van der Waals surface area contributed by atoms with E-state index in [0.29, 0.717) is 17.5 Å². The highest BCUT2D eigenvalue weighted by atomic mass is 16.3. The molecule has 264 valence electrons. The molecular weight excluding hydrogens is 683 g/mol. The van der Waals surface area contributed by atoms with Crippen LogP contribution in [0.15, 0.2) is 199 Å². The lowest BCUT2D eigenvalue weighted by atomic mass is 9.95. The molecule has 10 aromatic rings. The average molecular weight is 718 g/mol. The fourth-order valence-corrected chi connectivity index (χ4v) is 7.64. The molecule has 0 aliphatic carbocycles. The van der Waals surface area contributed by atoms with E-state index in [1.54, 1.807) is 0 Å². The van der Waals surface area contributed by atoms with Gasteiger partial charge in [0, 0.05) is 27.5 Å². The Morgan fingerprint density at radius 3 is 1.59 bits per heavy atom. The number of benzene rings is 8. The van der Waals surface area contributed by atoms with E-state index < -0.39 is 0 Å². The maximum atomic E-state index is 6.59. The molecule has 10 rings (SSSR count). The Bertz CT molecular complexity index is 3020. The van der Waals surface area contributed by atoms with Crippen LogP contribution in [0.25, 0.3) is 101 Å². The van der Waals surface area contributed by atoms with Crippen LogP contribution < -0.4 is 0 Å². The standard InChI is InChI=1S/C52H35N3O/c1-34-13-10-19-40(31-34)43-21-8-9-22-45(43)52-54-50(38-27-25-37(26-28-38)35-14-4-2-5-15-35)53-51(55-52)42-29-30-46-48(33-42)56-47-24-12-23-44(49(46)47)41-20-11-18-39(32-41)36-16-6-3-7-17-36/h2-33H,1H3. The van der Waals surface area contributed by atoms with Crippen molar-refractivity contribution in [2.45, 2.75) is 6.92 Å². The average Bonchev–Trinajstić information content (AvgIpc) is 3.65. The smallest absolute Gasteiger partial charge is 0.164 e. The number of nitrogens with zero attached hydrogens (tertiary/aromatic N) is 3. The molecule has 4 nitrogen and oxygen atoms in total. The number of rotatable bonds is 7. The molecule has 2 heterocycles. The van der Waals surface area contributed by atoms with E-state index in [-0.39, 0.29) is 0 Å². The molecule has 0 unspecified atom stereocenters. The van der Waals surface area contributed by atoms with Crippen LogP contribution in [0, 0.1) is 6.92 Å². The van der Waals surface area contributed by atoms with Gasteiger partial charge in [-0.15, -0.1) is 0 Å². The molecule has 0 aliphatic heterocycles. The highest BCUT2D eigenvalue weighted by molar-refractivity contribution is 6.13. The molecule has 4 heteroatoms. The van der Waals surface area contributed by atoms with Crippen LogP contribution in [-0.4, -0.2) is 15.0 Å². The molecule has 0 radical (unpaired) electrons. The van der Waals surface area contributed by atoms with Gasteiger partial charge < -0.3 is 4.42 Å². The zero-order valence-electron chi connectivity index (χ0n) is 30.7. The third-order valence-corrected chi connectivity index (χ3v) is 10.4. The summed E-state index contributed by atoms with van der Waals surface area (Å²) in [5.41, 5.74) is 14.6. The van der Waals surface area contributed by atoms with Gasteiger partial charge in [-0.05, 0) is 75.7 Å². The van der Waals surface area contributed by atoms with E-state index in [4.69, 9.17) is 19.4 Å². The second-order valence-corrected chi connectivity index (χ2v) is 14.1. The van der Waals surface area contributed by atoms with Gasteiger partial charge >= 0.3 is 0 Å². The molecule has 0 N–H and O–H groups in total. The van der Waals surface area contributed by atoms with Gasteiger partial charge in [-0.2, -0.15) is 0 Å². The van der Waals surface area contributed by atoms with Gasteiger partial charge in [0.15, 0.2) is 17.5 Å².